The largest absolute Gasteiger partial charge is 0.423 e. The Morgan fingerprint density at radius 2 is 1.85 bits per heavy atom. The Kier molecular flexibility index (Phi) is 5.18. The Balaban J connectivity index is 1.43. The van der Waals surface area contributed by atoms with E-state index in [0.717, 1.165) is 50.1 Å². The monoisotopic (exact) mass is 351 g/mol. The number of aliphatic hydroxyl groups is 1. The van der Waals surface area contributed by atoms with E-state index in [1.807, 2.05) is 24.3 Å². The van der Waals surface area contributed by atoms with Crippen molar-refractivity contribution in [1.29, 1.82) is 0 Å². The number of rotatable bonds is 6. The van der Waals surface area contributed by atoms with Gasteiger partial charge in [-0.2, -0.15) is 4.98 Å². The SMILES string of the molecule is OCC[C@@H]1CN(c2nc3ccccc3o2)CCN1CCc1ccccc1. The lowest BCUT2D eigenvalue weighted by Gasteiger charge is -2.40. The predicted octanol–water partition coefficient (Wildman–Crippen LogP) is 2.94. The molecular weight excluding hydrogens is 326 g/mol. The molecule has 1 aliphatic heterocycles. The second-order valence-corrected chi connectivity index (χ2v) is 6.85. The van der Waals surface area contributed by atoms with Crippen LogP contribution in [0.3, 0.4) is 0 Å². The van der Waals surface area contributed by atoms with Crippen LogP contribution in [0.1, 0.15) is 12.0 Å². The number of nitrogens with zero attached hydrogens (tertiary/aromatic N) is 3. The van der Waals surface area contributed by atoms with Gasteiger partial charge in [0.25, 0.3) is 6.01 Å². The number of benzene rings is 2. The molecule has 5 heteroatoms. The quantitative estimate of drug-likeness (QED) is 0.740. The third-order valence-electron chi connectivity index (χ3n) is 5.15. The Labute approximate surface area is 153 Å². The minimum absolute atomic E-state index is 0.202. The molecule has 2 heterocycles. The summed E-state index contributed by atoms with van der Waals surface area (Å²) in [6.07, 6.45) is 1.80. The molecule has 0 radical (unpaired) electrons. The molecule has 2 aromatic carbocycles. The van der Waals surface area contributed by atoms with Crippen molar-refractivity contribution in [3.63, 3.8) is 0 Å². The van der Waals surface area contributed by atoms with Gasteiger partial charge in [0.15, 0.2) is 5.58 Å². The van der Waals surface area contributed by atoms with Crippen LogP contribution in [-0.4, -0.2) is 53.8 Å². The van der Waals surface area contributed by atoms with Gasteiger partial charge >= 0.3 is 0 Å². The van der Waals surface area contributed by atoms with Gasteiger partial charge in [0.05, 0.1) is 0 Å². The number of hydrogen-bond donors (Lipinski definition) is 1. The number of aliphatic hydroxyl groups excluding tert-OH is 1. The van der Waals surface area contributed by atoms with Gasteiger partial charge in [0.2, 0.25) is 0 Å². The molecule has 0 amide bonds. The van der Waals surface area contributed by atoms with Crippen LogP contribution in [0.2, 0.25) is 0 Å². The van der Waals surface area contributed by atoms with Crippen molar-refractivity contribution in [2.24, 2.45) is 0 Å². The third kappa shape index (κ3) is 3.74. The summed E-state index contributed by atoms with van der Waals surface area (Å²) < 4.78 is 5.93. The minimum Gasteiger partial charge on any atom is -0.423 e. The first-order valence-electron chi connectivity index (χ1n) is 9.33. The number of hydrogen-bond acceptors (Lipinski definition) is 5. The predicted molar refractivity (Wildman–Crippen MR) is 103 cm³/mol. The molecule has 3 aromatic rings. The third-order valence-corrected chi connectivity index (χ3v) is 5.15. The highest BCUT2D eigenvalue weighted by Crippen LogP contribution is 2.24. The molecule has 0 saturated carbocycles. The maximum atomic E-state index is 9.51. The fourth-order valence-corrected chi connectivity index (χ4v) is 3.70. The average molecular weight is 351 g/mol. The maximum absolute atomic E-state index is 9.51. The molecule has 136 valence electrons. The van der Waals surface area contributed by atoms with E-state index in [2.05, 4.69) is 45.1 Å². The lowest BCUT2D eigenvalue weighted by atomic mass is 10.1. The van der Waals surface area contributed by atoms with Crippen LogP contribution < -0.4 is 4.90 Å². The number of aromatic nitrogens is 1. The number of fused-ring (bicyclic) bond motifs is 1. The van der Waals surface area contributed by atoms with Crippen LogP contribution in [0.4, 0.5) is 6.01 Å². The zero-order chi connectivity index (χ0) is 17.8. The Hall–Kier alpha value is -2.37. The normalized spacial score (nSPS) is 18.5. The number of para-hydroxylation sites is 2. The molecule has 1 fully saturated rings. The van der Waals surface area contributed by atoms with Gasteiger partial charge in [0.1, 0.15) is 5.52 Å². The van der Waals surface area contributed by atoms with Crippen molar-refractivity contribution in [3.05, 3.63) is 60.2 Å². The Morgan fingerprint density at radius 1 is 1.04 bits per heavy atom. The molecule has 1 saturated heterocycles. The van der Waals surface area contributed by atoms with Crippen LogP contribution >= 0.6 is 0 Å². The van der Waals surface area contributed by atoms with E-state index in [0.29, 0.717) is 12.1 Å². The lowest BCUT2D eigenvalue weighted by Crippen LogP contribution is -2.54. The van der Waals surface area contributed by atoms with E-state index in [-0.39, 0.29) is 6.61 Å². The molecule has 1 aromatic heterocycles. The summed E-state index contributed by atoms with van der Waals surface area (Å²) in [5.41, 5.74) is 3.08. The fourth-order valence-electron chi connectivity index (χ4n) is 3.70. The second-order valence-electron chi connectivity index (χ2n) is 6.85. The van der Waals surface area contributed by atoms with Crippen molar-refractivity contribution in [2.75, 3.05) is 37.7 Å². The standard InChI is InChI=1S/C21H25N3O2/c25-15-11-18-16-24(21-22-19-8-4-5-9-20(19)26-21)14-13-23(18)12-10-17-6-2-1-3-7-17/h1-9,18,25H,10-16H2/t18-/m1/s1. The van der Waals surface area contributed by atoms with Gasteiger partial charge in [-0.05, 0) is 30.5 Å². The van der Waals surface area contributed by atoms with E-state index < -0.39 is 0 Å². The molecule has 0 spiro atoms. The van der Waals surface area contributed by atoms with Gasteiger partial charge in [-0.3, -0.25) is 4.90 Å². The molecule has 4 rings (SSSR count). The van der Waals surface area contributed by atoms with Gasteiger partial charge in [-0.25, -0.2) is 0 Å². The summed E-state index contributed by atoms with van der Waals surface area (Å²) in [4.78, 5) is 9.32. The van der Waals surface area contributed by atoms with E-state index in [1.165, 1.54) is 5.56 Å². The minimum atomic E-state index is 0.202. The van der Waals surface area contributed by atoms with Crippen molar-refractivity contribution < 1.29 is 9.52 Å². The van der Waals surface area contributed by atoms with E-state index in [1.54, 1.807) is 0 Å². The van der Waals surface area contributed by atoms with Crippen LogP contribution in [0.5, 0.6) is 0 Å². The molecule has 1 N–H and O–H groups in total. The summed E-state index contributed by atoms with van der Waals surface area (Å²) in [5.74, 6) is 0. The molecule has 0 aliphatic carbocycles. The van der Waals surface area contributed by atoms with Crippen LogP contribution in [0.15, 0.2) is 59.0 Å². The van der Waals surface area contributed by atoms with Crippen LogP contribution in [-0.2, 0) is 6.42 Å². The zero-order valence-corrected chi connectivity index (χ0v) is 14.9. The number of piperazine rings is 1. The molecular formula is C21H25N3O2. The summed E-state index contributed by atoms with van der Waals surface area (Å²) in [6.45, 7) is 3.89. The van der Waals surface area contributed by atoms with Gasteiger partial charge in [-0.1, -0.05) is 42.5 Å². The first-order chi connectivity index (χ1) is 12.8. The summed E-state index contributed by atoms with van der Waals surface area (Å²) in [6, 6.07) is 19.5. The smallest absolute Gasteiger partial charge is 0.298 e. The topological polar surface area (TPSA) is 52.7 Å². The molecule has 1 aliphatic rings. The summed E-state index contributed by atoms with van der Waals surface area (Å²) >= 11 is 0. The number of oxazole rings is 1. The molecule has 26 heavy (non-hydrogen) atoms. The van der Waals surface area contributed by atoms with Crippen molar-refractivity contribution in [1.82, 2.24) is 9.88 Å². The maximum Gasteiger partial charge on any atom is 0.298 e. The fraction of sp³-hybridized carbons (Fsp3) is 0.381. The number of anilines is 1. The van der Waals surface area contributed by atoms with Gasteiger partial charge < -0.3 is 14.4 Å². The average Bonchev–Trinajstić information content (AvgIpc) is 3.12. The zero-order valence-electron chi connectivity index (χ0n) is 14.9. The van der Waals surface area contributed by atoms with Crippen molar-refractivity contribution >= 4 is 17.1 Å². The second kappa shape index (κ2) is 7.89. The summed E-state index contributed by atoms with van der Waals surface area (Å²) in [7, 11) is 0. The summed E-state index contributed by atoms with van der Waals surface area (Å²) in [5, 5.41) is 9.51. The lowest BCUT2D eigenvalue weighted by molar-refractivity contribution is 0.141. The van der Waals surface area contributed by atoms with E-state index >= 15 is 0 Å². The highest BCUT2D eigenvalue weighted by atomic mass is 16.4. The van der Waals surface area contributed by atoms with Crippen molar-refractivity contribution in [3.8, 4) is 0 Å². The highest BCUT2D eigenvalue weighted by molar-refractivity contribution is 5.74. The molecule has 5 nitrogen and oxygen atoms in total. The first-order valence-corrected chi connectivity index (χ1v) is 9.33. The van der Waals surface area contributed by atoms with Crippen LogP contribution in [0, 0.1) is 0 Å². The van der Waals surface area contributed by atoms with Gasteiger partial charge in [0, 0.05) is 38.8 Å². The highest BCUT2D eigenvalue weighted by Gasteiger charge is 2.28. The van der Waals surface area contributed by atoms with Crippen LogP contribution in [0.25, 0.3) is 11.1 Å². The van der Waals surface area contributed by atoms with Gasteiger partial charge in [-0.15, -0.1) is 0 Å². The molecule has 1 atom stereocenters. The first kappa shape index (κ1) is 17.1. The Bertz CT molecular complexity index is 800. The Morgan fingerprint density at radius 3 is 2.65 bits per heavy atom. The van der Waals surface area contributed by atoms with E-state index in [9.17, 15) is 5.11 Å². The molecule has 0 bridgehead atoms. The molecule has 0 unspecified atom stereocenters. The van der Waals surface area contributed by atoms with Crippen molar-refractivity contribution in [2.45, 2.75) is 18.9 Å². The van der Waals surface area contributed by atoms with E-state index in [4.69, 9.17) is 4.42 Å².